The standard InChI is InChI=1S/C17H29N3O2/c1-5-6-7-15-18-10-13-20(15)14-8-11-19(12-9-14)16(21)22-17(2,3)4/h10,13-14H,5-9,11-12H2,1-4H3. The van der Waals surface area contributed by atoms with Crippen LogP contribution >= 0.6 is 0 Å². The Morgan fingerprint density at radius 3 is 2.64 bits per heavy atom. The lowest BCUT2D eigenvalue weighted by atomic mass is 10.0. The van der Waals surface area contributed by atoms with Gasteiger partial charge in [-0.15, -0.1) is 0 Å². The number of hydrogen-bond acceptors (Lipinski definition) is 3. The number of nitrogens with zero attached hydrogens (tertiary/aromatic N) is 3. The third kappa shape index (κ3) is 4.49. The number of rotatable bonds is 4. The Kier molecular flexibility index (Phi) is 5.48. The maximum Gasteiger partial charge on any atom is 0.410 e. The molecule has 1 saturated heterocycles. The van der Waals surface area contributed by atoms with Gasteiger partial charge in [0.05, 0.1) is 0 Å². The molecular weight excluding hydrogens is 278 g/mol. The summed E-state index contributed by atoms with van der Waals surface area (Å²) in [6.07, 6.45) is 9.11. The van der Waals surface area contributed by atoms with Crippen LogP contribution in [0.2, 0.25) is 0 Å². The molecule has 1 aromatic rings. The van der Waals surface area contributed by atoms with Gasteiger partial charge in [-0.05, 0) is 40.0 Å². The summed E-state index contributed by atoms with van der Waals surface area (Å²) in [5.74, 6) is 1.18. The van der Waals surface area contributed by atoms with Crippen LogP contribution in [0.25, 0.3) is 0 Å². The molecule has 2 heterocycles. The first kappa shape index (κ1) is 16.8. The summed E-state index contributed by atoms with van der Waals surface area (Å²) in [5, 5.41) is 0. The molecule has 1 amide bonds. The molecule has 1 aliphatic heterocycles. The lowest BCUT2D eigenvalue weighted by Crippen LogP contribution is -2.42. The number of ether oxygens (including phenoxy) is 1. The van der Waals surface area contributed by atoms with Crippen molar-refractivity contribution >= 4 is 6.09 Å². The Morgan fingerprint density at radius 1 is 1.36 bits per heavy atom. The highest BCUT2D eigenvalue weighted by atomic mass is 16.6. The summed E-state index contributed by atoms with van der Waals surface area (Å²) in [6, 6.07) is 0.452. The molecule has 1 aliphatic rings. The Labute approximate surface area is 133 Å². The number of carbonyl (C=O) groups is 1. The molecule has 2 rings (SSSR count). The third-order valence-electron chi connectivity index (χ3n) is 4.01. The highest BCUT2D eigenvalue weighted by molar-refractivity contribution is 5.68. The van der Waals surface area contributed by atoms with Crippen LogP contribution in [0, 0.1) is 0 Å². The quantitative estimate of drug-likeness (QED) is 0.850. The summed E-state index contributed by atoms with van der Waals surface area (Å²) < 4.78 is 7.76. The number of likely N-dealkylation sites (tertiary alicyclic amines) is 1. The van der Waals surface area contributed by atoms with E-state index in [1.165, 1.54) is 18.7 Å². The van der Waals surface area contributed by atoms with E-state index >= 15 is 0 Å². The highest BCUT2D eigenvalue weighted by Gasteiger charge is 2.28. The zero-order chi connectivity index (χ0) is 16.2. The van der Waals surface area contributed by atoms with Gasteiger partial charge in [-0.3, -0.25) is 0 Å². The average molecular weight is 307 g/mol. The first-order valence-corrected chi connectivity index (χ1v) is 8.40. The van der Waals surface area contributed by atoms with Crippen molar-refractivity contribution in [1.29, 1.82) is 0 Å². The average Bonchev–Trinajstić information content (AvgIpc) is 2.91. The Hall–Kier alpha value is -1.52. The molecule has 1 aromatic heterocycles. The lowest BCUT2D eigenvalue weighted by Gasteiger charge is -2.34. The van der Waals surface area contributed by atoms with E-state index in [0.717, 1.165) is 32.4 Å². The molecule has 5 nitrogen and oxygen atoms in total. The summed E-state index contributed by atoms with van der Waals surface area (Å²) >= 11 is 0. The van der Waals surface area contributed by atoms with Gasteiger partial charge in [0.15, 0.2) is 0 Å². The molecule has 0 spiro atoms. The molecule has 0 unspecified atom stereocenters. The van der Waals surface area contributed by atoms with Crippen LogP contribution in [0.1, 0.15) is 65.2 Å². The van der Waals surface area contributed by atoms with E-state index in [4.69, 9.17) is 4.74 Å². The molecule has 124 valence electrons. The number of unbranched alkanes of at least 4 members (excludes halogenated alkanes) is 1. The molecule has 1 fully saturated rings. The van der Waals surface area contributed by atoms with Gasteiger partial charge in [-0.25, -0.2) is 9.78 Å². The second kappa shape index (κ2) is 7.16. The second-order valence-corrected chi connectivity index (χ2v) is 7.05. The van der Waals surface area contributed by atoms with Crippen LogP contribution in [0.3, 0.4) is 0 Å². The monoisotopic (exact) mass is 307 g/mol. The zero-order valence-corrected chi connectivity index (χ0v) is 14.3. The van der Waals surface area contributed by atoms with Crippen molar-refractivity contribution in [2.45, 2.75) is 71.4 Å². The number of imidazole rings is 1. The van der Waals surface area contributed by atoms with Gasteiger partial charge in [0.2, 0.25) is 0 Å². The topological polar surface area (TPSA) is 47.4 Å². The number of piperidine rings is 1. The maximum absolute atomic E-state index is 12.1. The molecule has 0 atom stereocenters. The van der Waals surface area contributed by atoms with E-state index in [1.807, 2.05) is 31.9 Å². The van der Waals surface area contributed by atoms with Gasteiger partial charge >= 0.3 is 6.09 Å². The van der Waals surface area contributed by atoms with Gasteiger partial charge in [0.1, 0.15) is 11.4 Å². The molecular formula is C17H29N3O2. The summed E-state index contributed by atoms with van der Waals surface area (Å²) in [7, 11) is 0. The lowest BCUT2D eigenvalue weighted by molar-refractivity contribution is 0.0188. The van der Waals surface area contributed by atoms with E-state index < -0.39 is 5.60 Å². The third-order valence-corrected chi connectivity index (χ3v) is 4.01. The van der Waals surface area contributed by atoms with Crippen molar-refractivity contribution in [1.82, 2.24) is 14.5 Å². The predicted octanol–water partition coefficient (Wildman–Crippen LogP) is 3.80. The zero-order valence-electron chi connectivity index (χ0n) is 14.3. The predicted molar refractivity (Wildman–Crippen MR) is 86.9 cm³/mol. The maximum atomic E-state index is 12.1. The highest BCUT2D eigenvalue weighted by Crippen LogP contribution is 2.25. The molecule has 0 bridgehead atoms. The second-order valence-electron chi connectivity index (χ2n) is 7.05. The largest absolute Gasteiger partial charge is 0.444 e. The Balaban J connectivity index is 1.89. The van der Waals surface area contributed by atoms with Crippen LogP contribution < -0.4 is 0 Å². The molecule has 0 N–H and O–H groups in total. The fraction of sp³-hybridized carbons (Fsp3) is 0.765. The van der Waals surface area contributed by atoms with Crippen molar-refractivity contribution in [3.8, 4) is 0 Å². The van der Waals surface area contributed by atoms with E-state index in [9.17, 15) is 4.79 Å². The van der Waals surface area contributed by atoms with Crippen molar-refractivity contribution in [2.75, 3.05) is 13.1 Å². The Bertz CT molecular complexity index is 482. The molecule has 0 radical (unpaired) electrons. The number of amides is 1. The first-order valence-electron chi connectivity index (χ1n) is 8.40. The molecule has 0 aliphatic carbocycles. The van der Waals surface area contributed by atoms with Gasteiger partial charge in [-0.2, -0.15) is 0 Å². The number of hydrogen-bond donors (Lipinski definition) is 0. The fourth-order valence-electron chi connectivity index (χ4n) is 2.86. The minimum Gasteiger partial charge on any atom is -0.444 e. The SMILES string of the molecule is CCCCc1nccn1C1CCN(C(=O)OC(C)(C)C)CC1. The van der Waals surface area contributed by atoms with E-state index in [2.05, 4.69) is 22.7 Å². The van der Waals surface area contributed by atoms with Gasteiger partial charge in [0, 0.05) is 37.9 Å². The van der Waals surface area contributed by atoms with Gasteiger partial charge < -0.3 is 14.2 Å². The van der Waals surface area contributed by atoms with E-state index in [1.54, 1.807) is 0 Å². The van der Waals surface area contributed by atoms with Crippen LogP contribution in [0.15, 0.2) is 12.4 Å². The van der Waals surface area contributed by atoms with E-state index in [-0.39, 0.29) is 6.09 Å². The van der Waals surface area contributed by atoms with Crippen molar-refractivity contribution in [3.63, 3.8) is 0 Å². The van der Waals surface area contributed by atoms with Crippen LogP contribution in [-0.2, 0) is 11.2 Å². The fourth-order valence-corrected chi connectivity index (χ4v) is 2.86. The minimum atomic E-state index is -0.425. The first-order chi connectivity index (χ1) is 10.4. The summed E-state index contributed by atoms with van der Waals surface area (Å²) in [6.45, 7) is 9.43. The normalized spacial score (nSPS) is 16.8. The van der Waals surface area contributed by atoms with Crippen molar-refractivity contribution < 1.29 is 9.53 Å². The number of aromatic nitrogens is 2. The van der Waals surface area contributed by atoms with Crippen LogP contribution in [-0.4, -0.2) is 39.2 Å². The van der Waals surface area contributed by atoms with Crippen LogP contribution in [0.4, 0.5) is 4.79 Å². The molecule has 5 heteroatoms. The number of aryl methyl sites for hydroxylation is 1. The van der Waals surface area contributed by atoms with Crippen molar-refractivity contribution in [2.24, 2.45) is 0 Å². The van der Waals surface area contributed by atoms with Crippen molar-refractivity contribution in [3.05, 3.63) is 18.2 Å². The van der Waals surface area contributed by atoms with E-state index in [0.29, 0.717) is 6.04 Å². The molecule has 22 heavy (non-hydrogen) atoms. The number of carbonyl (C=O) groups excluding carboxylic acids is 1. The smallest absolute Gasteiger partial charge is 0.410 e. The minimum absolute atomic E-state index is 0.192. The summed E-state index contributed by atoms with van der Waals surface area (Å²) in [4.78, 5) is 18.4. The summed E-state index contributed by atoms with van der Waals surface area (Å²) in [5.41, 5.74) is -0.425. The Morgan fingerprint density at radius 2 is 2.05 bits per heavy atom. The van der Waals surface area contributed by atoms with Gasteiger partial charge in [0.25, 0.3) is 0 Å². The molecule has 0 aromatic carbocycles. The van der Waals surface area contributed by atoms with Gasteiger partial charge in [-0.1, -0.05) is 13.3 Å². The molecule has 0 saturated carbocycles. The van der Waals surface area contributed by atoms with Crippen LogP contribution in [0.5, 0.6) is 0 Å².